The zero-order chi connectivity index (χ0) is 24.2. The molecule has 5 rings (SSSR count). The highest BCUT2D eigenvalue weighted by molar-refractivity contribution is 7.08. The maximum absolute atomic E-state index is 13.4. The number of H-pyrrole nitrogens is 1. The SMILES string of the molecule is CN(C)CCOc1ccc(-c2n[nH]c3ccc(NC(=O)C(c4ccsc4)N4CCCC4)cc23)cc1. The molecule has 0 bridgehead atoms. The van der Waals surface area contributed by atoms with Gasteiger partial charge in [0.25, 0.3) is 0 Å². The van der Waals surface area contributed by atoms with Crippen LogP contribution in [0.25, 0.3) is 22.2 Å². The van der Waals surface area contributed by atoms with Gasteiger partial charge in [-0.3, -0.25) is 14.8 Å². The average Bonchev–Trinajstić information content (AvgIpc) is 3.62. The monoisotopic (exact) mass is 489 g/mol. The van der Waals surface area contributed by atoms with Crippen LogP contribution in [0.3, 0.4) is 0 Å². The molecule has 35 heavy (non-hydrogen) atoms. The molecule has 1 aliphatic rings. The molecule has 182 valence electrons. The number of hydrogen-bond donors (Lipinski definition) is 2. The van der Waals surface area contributed by atoms with E-state index in [4.69, 9.17) is 4.74 Å². The first kappa shape index (κ1) is 23.5. The summed E-state index contributed by atoms with van der Waals surface area (Å²) in [6.07, 6.45) is 2.27. The van der Waals surface area contributed by atoms with Crippen LogP contribution in [0, 0.1) is 0 Å². The molecule has 2 aromatic carbocycles. The molecule has 8 heteroatoms. The fourth-order valence-corrected chi connectivity index (χ4v) is 5.21. The van der Waals surface area contributed by atoms with Gasteiger partial charge in [-0.2, -0.15) is 16.4 Å². The molecule has 1 unspecified atom stereocenters. The molecule has 0 radical (unpaired) electrons. The fourth-order valence-electron chi connectivity index (χ4n) is 4.54. The Balaban J connectivity index is 1.35. The molecule has 0 saturated carbocycles. The number of thiophene rings is 1. The van der Waals surface area contributed by atoms with E-state index >= 15 is 0 Å². The molecule has 1 atom stereocenters. The lowest BCUT2D eigenvalue weighted by Crippen LogP contribution is -2.35. The van der Waals surface area contributed by atoms with Crippen LogP contribution < -0.4 is 10.1 Å². The van der Waals surface area contributed by atoms with E-state index in [0.29, 0.717) is 6.61 Å². The van der Waals surface area contributed by atoms with Crippen molar-refractivity contribution in [1.29, 1.82) is 0 Å². The molecule has 2 aromatic heterocycles. The number of rotatable bonds is 9. The van der Waals surface area contributed by atoms with Crippen molar-refractivity contribution in [3.8, 4) is 17.0 Å². The Hall–Kier alpha value is -3.20. The number of likely N-dealkylation sites (tertiary alicyclic amines) is 1. The van der Waals surface area contributed by atoms with Crippen molar-refractivity contribution in [2.24, 2.45) is 0 Å². The number of ether oxygens (including phenoxy) is 1. The second-order valence-electron chi connectivity index (χ2n) is 9.20. The van der Waals surface area contributed by atoms with Gasteiger partial charge in [0.2, 0.25) is 5.91 Å². The van der Waals surface area contributed by atoms with E-state index in [2.05, 4.69) is 36.8 Å². The van der Waals surface area contributed by atoms with Crippen molar-refractivity contribution in [1.82, 2.24) is 20.0 Å². The van der Waals surface area contributed by atoms with Crippen LogP contribution in [-0.4, -0.2) is 66.2 Å². The van der Waals surface area contributed by atoms with Gasteiger partial charge < -0.3 is 15.0 Å². The summed E-state index contributed by atoms with van der Waals surface area (Å²) < 4.78 is 5.81. The number of likely N-dealkylation sites (N-methyl/N-ethyl adjacent to an activating group) is 1. The van der Waals surface area contributed by atoms with Gasteiger partial charge in [-0.15, -0.1) is 0 Å². The maximum Gasteiger partial charge on any atom is 0.246 e. The minimum absolute atomic E-state index is 0.00826. The molecule has 1 fully saturated rings. The minimum atomic E-state index is -0.261. The number of amides is 1. The van der Waals surface area contributed by atoms with Crippen molar-refractivity contribution in [2.45, 2.75) is 18.9 Å². The van der Waals surface area contributed by atoms with E-state index in [0.717, 1.165) is 71.6 Å². The van der Waals surface area contributed by atoms with Crippen molar-refractivity contribution in [2.75, 3.05) is 45.7 Å². The standard InChI is InChI=1S/C27H31N5O2S/c1-31(2)14-15-34-22-8-5-19(6-9-22)25-23-17-21(7-10-24(23)29-30-25)28-27(33)26(20-11-16-35-18-20)32-12-3-4-13-32/h5-11,16-18,26H,3-4,12-15H2,1-2H3,(H,28,33)(H,29,30). The first-order valence-electron chi connectivity index (χ1n) is 12.0. The molecule has 0 spiro atoms. The molecule has 4 aromatic rings. The summed E-state index contributed by atoms with van der Waals surface area (Å²) in [5.41, 5.74) is 4.61. The van der Waals surface area contributed by atoms with Crippen molar-refractivity contribution in [3.63, 3.8) is 0 Å². The lowest BCUT2D eigenvalue weighted by molar-refractivity contribution is -0.121. The predicted octanol–water partition coefficient (Wildman–Crippen LogP) is 5.01. The number of aromatic amines is 1. The summed E-state index contributed by atoms with van der Waals surface area (Å²) in [5.74, 6) is 0.846. The Morgan fingerprint density at radius 3 is 2.69 bits per heavy atom. The van der Waals surface area contributed by atoms with Crippen molar-refractivity contribution < 1.29 is 9.53 Å². The summed E-state index contributed by atoms with van der Waals surface area (Å²) in [5, 5.41) is 15.9. The molecule has 1 saturated heterocycles. The zero-order valence-electron chi connectivity index (χ0n) is 20.2. The topological polar surface area (TPSA) is 73.5 Å². The van der Waals surface area contributed by atoms with Crippen LogP contribution >= 0.6 is 11.3 Å². The predicted molar refractivity (Wildman–Crippen MR) is 142 cm³/mol. The lowest BCUT2D eigenvalue weighted by Gasteiger charge is -2.26. The van der Waals surface area contributed by atoms with Crippen molar-refractivity contribution >= 4 is 33.8 Å². The van der Waals surface area contributed by atoms with E-state index in [1.807, 2.05) is 61.9 Å². The summed E-state index contributed by atoms with van der Waals surface area (Å²) in [4.78, 5) is 17.8. The van der Waals surface area contributed by atoms with Gasteiger partial charge in [0, 0.05) is 23.2 Å². The molecule has 0 aliphatic carbocycles. The van der Waals surface area contributed by atoms with Gasteiger partial charge in [0.1, 0.15) is 18.4 Å². The Morgan fingerprint density at radius 2 is 1.97 bits per heavy atom. The fraction of sp³-hybridized carbons (Fsp3) is 0.333. The van der Waals surface area contributed by atoms with Crippen LogP contribution in [-0.2, 0) is 4.79 Å². The number of fused-ring (bicyclic) bond motifs is 1. The van der Waals surface area contributed by atoms with Crippen LogP contribution in [0.1, 0.15) is 24.4 Å². The maximum atomic E-state index is 13.4. The molecule has 2 N–H and O–H groups in total. The van der Waals surface area contributed by atoms with Crippen molar-refractivity contribution in [3.05, 3.63) is 64.9 Å². The number of benzene rings is 2. The second kappa shape index (κ2) is 10.6. The van der Waals surface area contributed by atoms with E-state index in [1.54, 1.807) is 11.3 Å². The van der Waals surface area contributed by atoms with Crippen LogP contribution in [0.4, 0.5) is 5.69 Å². The second-order valence-corrected chi connectivity index (χ2v) is 9.98. The van der Waals surface area contributed by atoms with Crippen LogP contribution in [0.15, 0.2) is 59.3 Å². The third-order valence-corrected chi connectivity index (χ3v) is 7.08. The number of carbonyl (C=O) groups excluding carboxylic acids is 1. The molecular formula is C27H31N5O2S. The third-order valence-electron chi connectivity index (χ3n) is 6.38. The molecule has 1 amide bonds. The lowest BCUT2D eigenvalue weighted by atomic mass is 10.1. The number of carbonyl (C=O) groups is 1. The smallest absolute Gasteiger partial charge is 0.246 e. The highest BCUT2D eigenvalue weighted by atomic mass is 32.1. The van der Waals surface area contributed by atoms with Gasteiger partial charge in [-0.05, 0) is 105 Å². The quantitative estimate of drug-likeness (QED) is 0.346. The normalized spacial score (nSPS) is 15.1. The Kier molecular flexibility index (Phi) is 7.13. The summed E-state index contributed by atoms with van der Waals surface area (Å²) in [6.45, 7) is 3.41. The highest BCUT2D eigenvalue weighted by Gasteiger charge is 2.30. The molecule has 1 aliphatic heterocycles. The van der Waals surface area contributed by atoms with E-state index < -0.39 is 0 Å². The Labute approximate surface area is 209 Å². The van der Waals surface area contributed by atoms with Crippen LogP contribution in [0.5, 0.6) is 5.75 Å². The number of anilines is 1. The summed E-state index contributed by atoms with van der Waals surface area (Å²) in [7, 11) is 4.06. The van der Waals surface area contributed by atoms with Gasteiger partial charge >= 0.3 is 0 Å². The number of nitrogens with zero attached hydrogens (tertiary/aromatic N) is 3. The average molecular weight is 490 g/mol. The number of nitrogens with one attached hydrogen (secondary N) is 2. The Bertz CT molecular complexity index is 1260. The molecular weight excluding hydrogens is 458 g/mol. The van der Waals surface area contributed by atoms with E-state index in [1.165, 1.54) is 0 Å². The third kappa shape index (κ3) is 5.40. The summed E-state index contributed by atoms with van der Waals surface area (Å²) in [6, 6.07) is 15.7. The summed E-state index contributed by atoms with van der Waals surface area (Å²) >= 11 is 1.63. The van der Waals surface area contributed by atoms with Crippen LogP contribution in [0.2, 0.25) is 0 Å². The van der Waals surface area contributed by atoms with Gasteiger partial charge in [0.05, 0.1) is 11.2 Å². The first-order valence-corrected chi connectivity index (χ1v) is 13.0. The highest BCUT2D eigenvalue weighted by Crippen LogP contribution is 2.31. The molecule has 3 heterocycles. The minimum Gasteiger partial charge on any atom is -0.492 e. The van der Waals surface area contributed by atoms with Gasteiger partial charge in [0.15, 0.2) is 0 Å². The number of aromatic nitrogens is 2. The van der Waals surface area contributed by atoms with Gasteiger partial charge in [-0.25, -0.2) is 0 Å². The first-order chi connectivity index (χ1) is 17.1. The Morgan fingerprint density at radius 1 is 1.17 bits per heavy atom. The number of hydrogen-bond acceptors (Lipinski definition) is 6. The molecule has 7 nitrogen and oxygen atoms in total. The zero-order valence-corrected chi connectivity index (χ0v) is 21.0. The van der Waals surface area contributed by atoms with Gasteiger partial charge in [-0.1, -0.05) is 0 Å². The largest absolute Gasteiger partial charge is 0.492 e. The van der Waals surface area contributed by atoms with E-state index in [9.17, 15) is 4.79 Å². The van der Waals surface area contributed by atoms with E-state index in [-0.39, 0.29) is 11.9 Å².